The third-order valence-electron chi connectivity index (χ3n) is 4.83. The van der Waals surface area contributed by atoms with Crippen molar-refractivity contribution in [3.8, 4) is 5.75 Å². The Balaban J connectivity index is 1.86. The lowest BCUT2D eigenvalue weighted by Gasteiger charge is -2.25. The Kier molecular flexibility index (Phi) is 4.28. The number of hydrogen-bond acceptors (Lipinski definition) is 5. The van der Waals surface area contributed by atoms with E-state index in [1.807, 2.05) is 60.9 Å². The van der Waals surface area contributed by atoms with Crippen LogP contribution in [0.2, 0.25) is 0 Å². The van der Waals surface area contributed by atoms with Gasteiger partial charge in [0.05, 0.1) is 23.6 Å². The average molecular weight is 365 g/mol. The largest absolute Gasteiger partial charge is 0.497 e. The number of nitrogens with zero attached hydrogens (tertiary/aromatic N) is 3. The lowest BCUT2D eigenvalue weighted by Crippen LogP contribution is -2.43. The predicted molar refractivity (Wildman–Crippen MR) is 106 cm³/mol. The number of amides is 1. The van der Waals surface area contributed by atoms with Crippen LogP contribution < -0.4 is 9.75 Å². The number of carbonyl (C=O) groups is 1. The molecule has 2 aliphatic heterocycles. The van der Waals surface area contributed by atoms with Gasteiger partial charge in [0.25, 0.3) is 5.91 Å². The van der Waals surface area contributed by atoms with E-state index in [1.54, 1.807) is 7.11 Å². The Bertz CT molecular complexity index is 893. The van der Waals surface area contributed by atoms with Gasteiger partial charge < -0.3 is 4.74 Å². The molecule has 2 aliphatic rings. The smallest absolute Gasteiger partial charge is 0.266 e. The maximum absolute atomic E-state index is 13.5. The molecule has 1 unspecified atom stereocenters. The molecule has 0 bridgehead atoms. The van der Waals surface area contributed by atoms with Crippen LogP contribution in [0.5, 0.6) is 5.75 Å². The zero-order chi connectivity index (χ0) is 18.1. The van der Waals surface area contributed by atoms with Gasteiger partial charge in [-0.15, -0.1) is 11.8 Å². The number of aliphatic imine (C=N–C) groups is 1. The van der Waals surface area contributed by atoms with Gasteiger partial charge in [0.2, 0.25) is 0 Å². The van der Waals surface area contributed by atoms with Gasteiger partial charge >= 0.3 is 0 Å². The number of thioether (sulfide) groups is 1. The Labute approximate surface area is 156 Å². The molecule has 132 valence electrons. The molecule has 0 saturated heterocycles. The molecule has 2 aromatic rings. The molecule has 2 heterocycles. The van der Waals surface area contributed by atoms with E-state index in [2.05, 4.69) is 4.99 Å². The minimum absolute atomic E-state index is 0.0277. The van der Waals surface area contributed by atoms with E-state index < -0.39 is 5.41 Å². The molecule has 4 rings (SSSR count). The standard InChI is InChI=1S/C20H19N3O2S/c1-25-16-10-8-14(9-11-16)17-20(12-13-21-18(20)26-2)19(24)23(22-17)15-6-4-3-5-7-15/h3-11H,12-13H2,1-2H3. The summed E-state index contributed by atoms with van der Waals surface area (Å²) in [6.45, 7) is 0.639. The van der Waals surface area contributed by atoms with Gasteiger partial charge in [-0.1, -0.05) is 18.2 Å². The van der Waals surface area contributed by atoms with Crippen LogP contribution in [0.15, 0.2) is 64.7 Å². The summed E-state index contributed by atoms with van der Waals surface area (Å²) in [5.41, 5.74) is 1.66. The van der Waals surface area contributed by atoms with Gasteiger partial charge in [0.1, 0.15) is 11.2 Å². The van der Waals surface area contributed by atoms with Crippen LogP contribution in [-0.2, 0) is 4.79 Å². The fourth-order valence-corrected chi connectivity index (χ4v) is 4.39. The van der Waals surface area contributed by atoms with Crippen molar-refractivity contribution in [1.82, 2.24) is 0 Å². The van der Waals surface area contributed by atoms with Crippen molar-refractivity contribution in [1.29, 1.82) is 0 Å². The number of rotatable bonds is 3. The summed E-state index contributed by atoms with van der Waals surface area (Å²) in [6, 6.07) is 17.3. The molecule has 1 amide bonds. The van der Waals surface area contributed by atoms with E-state index in [-0.39, 0.29) is 5.91 Å². The van der Waals surface area contributed by atoms with Crippen molar-refractivity contribution in [3.63, 3.8) is 0 Å². The first-order chi connectivity index (χ1) is 12.7. The number of para-hydroxylation sites is 1. The molecule has 1 spiro atoms. The number of ether oxygens (including phenoxy) is 1. The van der Waals surface area contributed by atoms with E-state index >= 15 is 0 Å². The Hall–Kier alpha value is -2.60. The van der Waals surface area contributed by atoms with Crippen LogP contribution in [0.3, 0.4) is 0 Å². The lowest BCUT2D eigenvalue weighted by molar-refractivity contribution is -0.121. The number of anilines is 1. The van der Waals surface area contributed by atoms with Gasteiger partial charge in [-0.05, 0) is 54.6 Å². The number of benzene rings is 2. The van der Waals surface area contributed by atoms with Crippen molar-refractivity contribution in [2.75, 3.05) is 24.9 Å². The summed E-state index contributed by atoms with van der Waals surface area (Å²) < 4.78 is 5.26. The highest BCUT2D eigenvalue weighted by molar-refractivity contribution is 8.13. The molecule has 2 aromatic carbocycles. The molecule has 26 heavy (non-hydrogen) atoms. The molecule has 0 aliphatic carbocycles. The van der Waals surface area contributed by atoms with Crippen LogP contribution >= 0.6 is 11.8 Å². The Morgan fingerprint density at radius 1 is 1.12 bits per heavy atom. The summed E-state index contributed by atoms with van der Waals surface area (Å²) in [5, 5.41) is 7.13. The molecule has 0 N–H and O–H groups in total. The third kappa shape index (κ3) is 2.44. The SMILES string of the molecule is COc1ccc(C2=NN(c3ccccc3)C(=O)C23CCN=C3SC)cc1. The van der Waals surface area contributed by atoms with Crippen molar-refractivity contribution in [2.24, 2.45) is 15.5 Å². The van der Waals surface area contributed by atoms with E-state index in [9.17, 15) is 4.79 Å². The zero-order valence-corrected chi connectivity index (χ0v) is 15.5. The molecule has 1 atom stereocenters. The van der Waals surface area contributed by atoms with Gasteiger partial charge in [-0.25, -0.2) is 0 Å². The maximum atomic E-state index is 13.5. The average Bonchev–Trinajstić information content (AvgIpc) is 3.26. The van der Waals surface area contributed by atoms with Gasteiger partial charge in [-0.3, -0.25) is 9.79 Å². The number of carbonyl (C=O) groups excluding carboxylic acids is 1. The van der Waals surface area contributed by atoms with E-state index in [0.29, 0.717) is 13.0 Å². The number of hydrazone groups is 1. The van der Waals surface area contributed by atoms with E-state index in [0.717, 1.165) is 27.8 Å². The summed E-state index contributed by atoms with van der Waals surface area (Å²) in [7, 11) is 1.64. The normalized spacial score (nSPS) is 21.9. The highest BCUT2D eigenvalue weighted by Gasteiger charge is 2.57. The molecular formula is C20H19N3O2S. The van der Waals surface area contributed by atoms with Crippen molar-refractivity contribution < 1.29 is 9.53 Å². The predicted octanol–water partition coefficient (Wildman–Crippen LogP) is 3.60. The summed E-state index contributed by atoms with van der Waals surface area (Å²) >= 11 is 1.53. The number of methoxy groups -OCH3 is 1. The van der Waals surface area contributed by atoms with Gasteiger partial charge in [-0.2, -0.15) is 10.1 Å². The van der Waals surface area contributed by atoms with Crippen molar-refractivity contribution >= 4 is 34.1 Å². The topological polar surface area (TPSA) is 54.3 Å². The molecule has 6 heteroatoms. The van der Waals surface area contributed by atoms with Crippen LogP contribution in [0.1, 0.15) is 12.0 Å². The maximum Gasteiger partial charge on any atom is 0.266 e. The third-order valence-corrected chi connectivity index (χ3v) is 5.69. The van der Waals surface area contributed by atoms with Crippen LogP contribution in [0.4, 0.5) is 5.69 Å². The Morgan fingerprint density at radius 3 is 2.50 bits per heavy atom. The van der Waals surface area contributed by atoms with Crippen LogP contribution in [0, 0.1) is 5.41 Å². The monoisotopic (exact) mass is 365 g/mol. The molecule has 0 radical (unpaired) electrons. The first-order valence-corrected chi connectivity index (χ1v) is 9.65. The first kappa shape index (κ1) is 16.8. The van der Waals surface area contributed by atoms with Crippen LogP contribution in [0.25, 0.3) is 0 Å². The fourth-order valence-electron chi connectivity index (χ4n) is 3.53. The minimum atomic E-state index is -0.788. The first-order valence-electron chi connectivity index (χ1n) is 8.43. The second-order valence-corrected chi connectivity index (χ2v) is 6.97. The van der Waals surface area contributed by atoms with E-state index in [1.165, 1.54) is 16.8 Å². The Morgan fingerprint density at radius 2 is 1.85 bits per heavy atom. The quantitative estimate of drug-likeness (QED) is 0.835. The highest BCUT2D eigenvalue weighted by atomic mass is 32.2. The summed E-state index contributed by atoms with van der Waals surface area (Å²) in [5.74, 6) is 0.748. The van der Waals surface area contributed by atoms with Crippen LogP contribution in [-0.4, -0.2) is 36.6 Å². The second-order valence-electron chi connectivity index (χ2n) is 6.18. The summed E-state index contributed by atoms with van der Waals surface area (Å²) in [4.78, 5) is 18.1. The number of hydrogen-bond donors (Lipinski definition) is 0. The minimum Gasteiger partial charge on any atom is -0.497 e. The lowest BCUT2D eigenvalue weighted by atomic mass is 9.79. The summed E-state index contributed by atoms with van der Waals surface area (Å²) in [6.07, 6.45) is 2.62. The van der Waals surface area contributed by atoms with Gasteiger partial charge in [0.15, 0.2) is 0 Å². The molecule has 5 nitrogen and oxygen atoms in total. The molecular weight excluding hydrogens is 346 g/mol. The van der Waals surface area contributed by atoms with Gasteiger partial charge in [0, 0.05) is 6.54 Å². The molecule has 0 aromatic heterocycles. The van der Waals surface area contributed by atoms with E-state index in [4.69, 9.17) is 9.84 Å². The fraction of sp³-hybridized carbons (Fsp3) is 0.250. The van der Waals surface area contributed by atoms with Crippen molar-refractivity contribution in [2.45, 2.75) is 6.42 Å². The highest BCUT2D eigenvalue weighted by Crippen LogP contribution is 2.45. The van der Waals surface area contributed by atoms with Crippen molar-refractivity contribution in [3.05, 3.63) is 60.2 Å². The molecule has 0 fully saturated rings. The molecule has 0 saturated carbocycles. The zero-order valence-electron chi connectivity index (χ0n) is 14.7. The second kappa shape index (κ2) is 6.61.